The third-order valence-corrected chi connectivity index (χ3v) is 5.71. The number of guanidine groups is 1. The molecule has 1 fully saturated rings. The maximum Gasteiger partial charge on any atom is 0.191 e. The molecule has 1 aromatic rings. The molecule has 1 aliphatic heterocycles. The van der Waals surface area contributed by atoms with E-state index in [1.54, 1.807) is 19.2 Å². The zero-order chi connectivity index (χ0) is 20.6. The van der Waals surface area contributed by atoms with Crippen molar-refractivity contribution in [2.45, 2.75) is 58.0 Å². The normalized spacial score (nSPS) is 16.8. The molecule has 0 atom stereocenters. The van der Waals surface area contributed by atoms with Gasteiger partial charge in [-0.1, -0.05) is 12.1 Å². The molecule has 2 N–H and O–H groups in total. The van der Waals surface area contributed by atoms with E-state index in [0.717, 1.165) is 57.2 Å². The number of nitrogens with one attached hydrogen (secondary N) is 2. The van der Waals surface area contributed by atoms with Gasteiger partial charge in [0.2, 0.25) is 0 Å². The molecule has 29 heavy (non-hydrogen) atoms. The van der Waals surface area contributed by atoms with Gasteiger partial charge < -0.3 is 15.4 Å². The quantitative estimate of drug-likeness (QED) is 0.311. The van der Waals surface area contributed by atoms with Crippen molar-refractivity contribution in [1.82, 2.24) is 15.5 Å². The molecule has 1 heterocycles. The Hall–Kier alpha value is -0.930. The maximum atomic E-state index is 13.4. The molecule has 0 radical (unpaired) electrons. The predicted octanol–water partition coefficient (Wildman–Crippen LogP) is 3.78. The Morgan fingerprint density at radius 3 is 2.21 bits per heavy atom. The molecule has 0 bridgehead atoms. The van der Waals surface area contributed by atoms with Gasteiger partial charge in [-0.25, -0.2) is 4.39 Å². The molecule has 0 aliphatic carbocycles. The van der Waals surface area contributed by atoms with Gasteiger partial charge in [-0.3, -0.25) is 9.89 Å². The van der Waals surface area contributed by atoms with Crippen molar-refractivity contribution in [3.63, 3.8) is 0 Å². The van der Waals surface area contributed by atoms with E-state index in [-0.39, 0.29) is 35.2 Å². The Labute approximate surface area is 192 Å². The van der Waals surface area contributed by atoms with Gasteiger partial charge in [0.1, 0.15) is 5.82 Å². The number of rotatable bonds is 8. The SMILES string of the molecule is CN=C(NCCN(C(C)C)C(C)C)NCC1(c2ccc(F)cc2)CCOCC1.I. The third kappa shape index (κ3) is 7.68. The minimum atomic E-state index is -0.198. The van der Waals surface area contributed by atoms with E-state index in [1.165, 1.54) is 0 Å². The second-order valence-electron chi connectivity index (χ2n) is 8.18. The number of nitrogens with zero attached hydrogens (tertiary/aromatic N) is 2. The first-order valence-corrected chi connectivity index (χ1v) is 10.4. The van der Waals surface area contributed by atoms with Crippen molar-refractivity contribution in [1.29, 1.82) is 0 Å². The summed E-state index contributed by atoms with van der Waals surface area (Å²) in [5.41, 5.74) is 1.09. The van der Waals surface area contributed by atoms with Crippen LogP contribution in [0, 0.1) is 5.82 Å². The Morgan fingerprint density at radius 2 is 1.69 bits per heavy atom. The summed E-state index contributed by atoms with van der Waals surface area (Å²) >= 11 is 0. The van der Waals surface area contributed by atoms with E-state index in [4.69, 9.17) is 4.74 Å². The summed E-state index contributed by atoms with van der Waals surface area (Å²) in [4.78, 5) is 6.84. The minimum Gasteiger partial charge on any atom is -0.381 e. The summed E-state index contributed by atoms with van der Waals surface area (Å²) in [5, 5.41) is 6.93. The smallest absolute Gasteiger partial charge is 0.191 e. The highest BCUT2D eigenvalue weighted by atomic mass is 127. The Kier molecular flexibility index (Phi) is 11.4. The van der Waals surface area contributed by atoms with Crippen LogP contribution in [0.5, 0.6) is 0 Å². The lowest BCUT2D eigenvalue weighted by molar-refractivity contribution is 0.0513. The van der Waals surface area contributed by atoms with E-state index < -0.39 is 0 Å². The number of ether oxygens (including phenoxy) is 1. The molecule has 1 saturated heterocycles. The molecular weight excluding hydrogens is 482 g/mol. The van der Waals surface area contributed by atoms with Gasteiger partial charge >= 0.3 is 0 Å². The molecule has 0 spiro atoms. The van der Waals surface area contributed by atoms with Crippen LogP contribution < -0.4 is 10.6 Å². The topological polar surface area (TPSA) is 48.9 Å². The van der Waals surface area contributed by atoms with Crippen LogP contribution in [0.1, 0.15) is 46.1 Å². The van der Waals surface area contributed by atoms with E-state index >= 15 is 0 Å². The van der Waals surface area contributed by atoms with Crippen molar-refractivity contribution in [3.05, 3.63) is 35.6 Å². The monoisotopic (exact) mass is 520 g/mol. The number of benzene rings is 1. The summed E-state index contributed by atoms with van der Waals surface area (Å²) in [6.45, 7) is 12.9. The highest BCUT2D eigenvalue weighted by molar-refractivity contribution is 14.0. The van der Waals surface area contributed by atoms with Crippen LogP contribution in [0.3, 0.4) is 0 Å². The van der Waals surface area contributed by atoms with Gasteiger partial charge in [0.25, 0.3) is 0 Å². The number of aliphatic imine (C=N–C) groups is 1. The van der Waals surface area contributed by atoms with Gasteiger partial charge in [0.15, 0.2) is 5.96 Å². The largest absolute Gasteiger partial charge is 0.381 e. The summed E-state index contributed by atoms with van der Waals surface area (Å²) in [7, 11) is 1.80. The molecule has 0 amide bonds. The molecule has 0 unspecified atom stereocenters. The summed E-state index contributed by atoms with van der Waals surface area (Å²) in [6.07, 6.45) is 1.83. The summed E-state index contributed by atoms with van der Waals surface area (Å²) < 4.78 is 19.0. The lowest BCUT2D eigenvalue weighted by Crippen LogP contribution is -2.49. The molecule has 0 saturated carbocycles. The van der Waals surface area contributed by atoms with Crippen LogP contribution in [-0.4, -0.2) is 62.8 Å². The summed E-state index contributed by atoms with van der Waals surface area (Å²) in [6, 6.07) is 7.93. The fourth-order valence-electron chi connectivity index (χ4n) is 4.02. The molecule has 166 valence electrons. The first kappa shape index (κ1) is 26.1. The van der Waals surface area contributed by atoms with Crippen molar-refractivity contribution in [3.8, 4) is 0 Å². The lowest BCUT2D eigenvalue weighted by atomic mass is 9.74. The summed E-state index contributed by atoms with van der Waals surface area (Å²) in [5.74, 6) is 0.608. The Morgan fingerprint density at radius 1 is 1.10 bits per heavy atom. The van der Waals surface area contributed by atoms with E-state index in [2.05, 4.69) is 48.2 Å². The Bertz CT molecular complexity index is 608. The first-order valence-electron chi connectivity index (χ1n) is 10.4. The number of hydrogen-bond donors (Lipinski definition) is 2. The molecule has 1 aromatic carbocycles. The van der Waals surface area contributed by atoms with Gasteiger partial charge in [-0.05, 0) is 58.2 Å². The average molecular weight is 520 g/mol. The van der Waals surface area contributed by atoms with Crippen molar-refractivity contribution >= 4 is 29.9 Å². The third-order valence-electron chi connectivity index (χ3n) is 5.71. The number of hydrogen-bond acceptors (Lipinski definition) is 3. The van der Waals surface area contributed by atoms with E-state index in [1.807, 2.05) is 12.1 Å². The van der Waals surface area contributed by atoms with Crippen LogP contribution in [0.25, 0.3) is 0 Å². The molecule has 7 heteroatoms. The van der Waals surface area contributed by atoms with Crippen molar-refractivity contribution in [2.24, 2.45) is 4.99 Å². The maximum absolute atomic E-state index is 13.4. The van der Waals surface area contributed by atoms with Crippen LogP contribution >= 0.6 is 24.0 Å². The van der Waals surface area contributed by atoms with Gasteiger partial charge in [0.05, 0.1) is 0 Å². The van der Waals surface area contributed by atoms with E-state index in [0.29, 0.717) is 12.1 Å². The molecule has 2 rings (SSSR count). The second kappa shape index (κ2) is 12.7. The van der Waals surface area contributed by atoms with Gasteiger partial charge in [0, 0.05) is 57.4 Å². The molecule has 5 nitrogen and oxygen atoms in total. The van der Waals surface area contributed by atoms with Crippen LogP contribution in [-0.2, 0) is 10.2 Å². The Balaban J connectivity index is 0.00000420. The lowest BCUT2D eigenvalue weighted by Gasteiger charge is -2.38. The first-order chi connectivity index (χ1) is 13.4. The molecule has 1 aliphatic rings. The zero-order valence-electron chi connectivity index (χ0n) is 18.5. The minimum absolute atomic E-state index is 0. The fourth-order valence-corrected chi connectivity index (χ4v) is 4.02. The zero-order valence-corrected chi connectivity index (χ0v) is 20.8. The van der Waals surface area contributed by atoms with Crippen molar-refractivity contribution in [2.75, 3.05) is 39.9 Å². The standard InChI is InChI=1S/C22H37FN4O.HI/c1-17(2)27(18(3)4)13-12-25-21(24-5)26-16-22(10-14-28-15-11-22)19-6-8-20(23)9-7-19;/h6-9,17-18H,10-16H2,1-5H3,(H2,24,25,26);1H. The fraction of sp³-hybridized carbons (Fsp3) is 0.682. The van der Waals surface area contributed by atoms with Crippen LogP contribution in [0.15, 0.2) is 29.3 Å². The predicted molar refractivity (Wildman–Crippen MR) is 130 cm³/mol. The average Bonchev–Trinajstić information content (AvgIpc) is 2.68. The van der Waals surface area contributed by atoms with Gasteiger partial charge in [-0.15, -0.1) is 24.0 Å². The van der Waals surface area contributed by atoms with Crippen LogP contribution in [0.2, 0.25) is 0 Å². The highest BCUT2D eigenvalue weighted by Crippen LogP contribution is 2.34. The number of halogens is 2. The van der Waals surface area contributed by atoms with E-state index in [9.17, 15) is 4.39 Å². The van der Waals surface area contributed by atoms with Crippen LogP contribution in [0.4, 0.5) is 4.39 Å². The molecule has 0 aromatic heterocycles. The molecular formula is C22H38FIN4O. The highest BCUT2D eigenvalue weighted by Gasteiger charge is 2.34. The van der Waals surface area contributed by atoms with Crippen molar-refractivity contribution < 1.29 is 9.13 Å². The van der Waals surface area contributed by atoms with Gasteiger partial charge in [-0.2, -0.15) is 0 Å². The second-order valence-corrected chi connectivity index (χ2v) is 8.18.